The summed E-state index contributed by atoms with van der Waals surface area (Å²) in [6.07, 6.45) is 0. The van der Waals surface area contributed by atoms with Crippen LogP contribution in [0.15, 0.2) is 24.3 Å². The maximum Gasteiger partial charge on any atom is 0.211 e. The highest BCUT2D eigenvalue weighted by atomic mass is 32.2. The van der Waals surface area contributed by atoms with Crippen molar-refractivity contribution in [3.63, 3.8) is 0 Å². The predicted molar refractivity (Wildman–Crippen MR) is 76.2 cm³/mol. The van der Waals surface area contributed by atoms with Crippen molar-refractivity contribution in [1.29, 1.82) is 0 Å². The number of sulfonamides is 1. The van der Waals surface area contributed by atoms with Gasteiger partial charge in [0.05, 0.1) is 5.75 Å². The van der Waals surface area contributed by atoms with E-state index >= 15 is 0 Å². The van der Waals surface area contributed by atoms with Crippen molar-refractivity contribution in [3.8, 4) is 0 Å². The number of rotatable bonds is 4. The smallest absolute Gasteiger partial charge is 0.211 e. The molecule has 0 fully saturated rings. The van der Waals surface area contributed by atoms with E-state index in [2.05, 4.69) is 37.6 Å². The van der Waals surface area contributed by atoms with E-state index in [9.17, 15) is 8.42 Å². The minimum Gasteiger partial charge on any atom is -0.212 e. The number of nitrogens with one attached hydrogen (secondary N) is 1. The van der Waals surface area contributed by atoms with E-state index in [-0.39, 0.29) is 17.2 Å². The molecule has 0 aliphatic rings. The molecule has 0 saturated carbocycles. The molecule has 0 aromatic heterocycles. The first-order valence-corrected chi connectivity index (χ1v) is 7.91. The van der Waals surface area contributed by atoms with Gasteiger partial charge in [0, 0.05) is 6.04 Å². The van der Waals surface area contributed by atoms with Gasteiger partial charge in [-0.1, -0.05) is 45.0 Å². The van der Waals surface area contributed by atoms with Gasteiger partial charge in [-0.3, -0.25) is 0 Å². The molecule has 0 amide bonds. The Bertz CT molecular complexity index is 484. The second kappa shape index (κ2) is 5.41. The molecule has 1 atom stereocenters. The van der Waals surface area contributed by atoms with Gasteiger partial charge < -0.3 is 0 Å². The van der Waals surface area contributed by atoms with Crippen LogP contribution < -0.4 is 4.72 Å². The molecule has 1 unspecified atom stereocenters. The fourth-order valence-electron chi connectivity index (χ4n) is 1.69. The lowest BCUT2D eigenvalue weighted by Crippen LogP contribution is -2.28. The van der Waals surface area contributed by atoms with Crippen LogP contribution in [-0.2, 0) is 15.4 Å². The second-order valence-electron chi connectivity index (χ2n) is 5.61. The average Bonchev–Trinajstić information content (AvgIpc) is 2.27. The quantitative estimate of drug-likeness (QED) is 0.913. The molecule has 0 aliphatic heterocycles. The van der Waals surface area contributed by atoms with E-state index in [0.29, 0.717) is 0 Å². The summed E-state index contributed by atoms with van der Waals surface area (Å²) in [5, 5.41) is 0. The van der Waals surface area contributed by atoms with Crippen LogP contribution in [-0.4, -0.2) is 14.2 Å². The first-order valence-electron chi connectivity index (χ1n) is 6.26. The molecule has 0 spiro atoms. The number of benzene rings is 1. The van der Waals surface area contributed by atoms with Crippen LogP contribution in [0.3, 0.4) is 0 Å². The molecule has 18 heavy (non-hydrogen) atoms. The molecule has 0 radical (unpaired) electrons. The molecular formula is C14H23NO2S. The summed E-state index contributed by atoms with van der Waals surface area (Å²) in [5.74, 6) is 0.109. The molecule has 1 rings (SSSR count). The summed E-state index contributed by atoms with van der Waals surface area (Å²) >= 11 is 0. The summed E-state index contributed by atoms with van der Waals surface area (Å²) in [5.41, 5.74) is 2.35. The third-order valence-electron chi connectivity index (χ3n) is 3.01. The molecule has 0 bridgehead atoms. The Balaban J connectivity index is 2.86. The van der Waals surface area contributed by atoms with Crippen LogP contribution in [0.2, 0.25) is 0 Å². The Morgan fingerprint density at radius 2 is 1.67 bits per heavy atom. The minimum absolute atomic E-state index is 0.109. The Labute approximate surface area is 111 Å². The SMILES string of the molecule is CCS(=O)(=O)NC(C)c1ccc(C(C)(C)C)cc1. The van der Waals surface area contributed by atoms with Gasteiger partial charge in [-0.05, 0) is 30.4 Å². The van der Waals surface area contributed by atoms with Crippen LogP contribution in [0.25, 0.3) is 0 Å². The summed E-state index contributed by atoms with van der Waals surface area (Å²) in [7, 11) is -3.16. The topological polar surface area (TPSA) is 46.2 Å². The molecule has 1 aromatic rings. The van der Waals surface area contributed by atoms with Crippen LogP contribution in [0, 0.1) is 0 Å². The highest BCUT2D eigenvalue weighted by Gasteiger charge is 2.16. The van der Waals surface area contributed by atoms with Crippen LogP contribution in [0.1, 0.15) is 51.8 Å². The van der Waals surface area contributed by atoms with Crippen molar-refractivity contribution in [2.75, 3.05) is 5.75 Å². The summed E-state index contributed by atoms with van der Waals surface area (Å²) in [6.45, 7) is 9.97. The second-order valence-corrected chi connectivity index (χ2v) is 7.66. The zero-order valence-electron chi connectivity index (χ0n) is 11.8. The van der Waals surface area contributed by atoms with Crippen LogP contribution >= 0.6 is 0 Å². The van der Waals surface area contributed by atoms with Crippen molar-refractivity contribution < 1.29 is 8.42 Å². The predicted octanol–water partition coefficient (Wildman–Crippen LogP) is 2.98. The van der Waals surface area contributed by atoms with Gasteiger partial charge in [0.15, 0.2) is 0 Å². The van der Waals surface area contributed by atoms with Crippen molar-refractivity contribution in [3.05, 3.63) is 35.4 Å². The van der Waals surface area contributed by atoms with Gasteiger partial charge in [0.1, 0.15) is 0 Å². The minimum atomic E-state index is -3.16. The van der Waals surface area contributed by atoms with Gasteiger partial charge in [-0.25, -0.2) is 13.1 Å². The fraction of sp³-hybridized carbons (Fsp3) is 0.571. The third-order valence-corrected chi connectivity index (χ3v) is 4.49. The van der Waals surface area contributed by atoms with E-state index < -0.39 is 10.0 Å². The Morgan fingerprint density at radius 3 is 2.06 bits per heavy atom. The van der Waals surface area contributed by atoms with E-state index in [1.165, 1.54) is 5.56 Å². The molecule has 3 nitrogen and oxygen atoms in total. The molecular weight excluding hydrogens is 246 g/mol. The maximum absolute atomic E-state index is 11.5. The largest absolute Gasteiger partial charge is 0.212 e. The van der Waals surface area contributed by atoms with E-state index in [1.54, 1.807) is 6.92 Å². The standard InChI is InChI=1S/C14H23NO2S/c1-6-18(16,17)15-11(2)12-7-9-13(10-8-12)14(3,4)5/h7-11,15H,6H2,1-5H3. The van der Waals surface area contributed by atoms with Gasteiger partial charge in [-0.2, -0.15) is 0 Å². The lowest BCUT2D eigenvalue weighted by Gasteiger charge is -2.20. The van der Waals surface area contributed by atoms with Crippen molar-refractivity contribution in [2.24, 2.45) is 0 Å². The number of hydrogen-bond acceptors (Lipinski definition) is 2. The van der Waals surface area contributed by atoms with Crippen molar-refractivity contribution in [1.82, 2.24) is 4.72 Å². The molecule has 1 N–H and O–H groups in total. The van der Waals surface area contributed by atoms with Crippen molar-refractivity contribution in [2.45, 2.75) is 46.1 Å². The molecule has 4 heteroatoms. The van der Waals surface area contributed by atoms with Gasteiger partial charge in [-0.15, -0.1) is 0 Å². The van der Waals surface area contributed by atoms with Crippen molar-refractivity contribution >= 4 is 10.0 Å². The van der Waals surface area contributed by atoms with Gasteiger partial charge in [0.25, 0.3) is 0 Å². The van der Waals surface area contributed by atoms with E-state index in [4.69, 9.17) is 0 Å². The van der Waals surface area contributed by atoms with Gasteiger partial charge >= 0.3 is 0 Å². The summed E-state index contributed by atoms with van der Waals surface area (Å²) < 4.78 is 25.6. The first kappa shape index (κ1) is 15.2. The Morgan fingerprint density at radius 1 is 1.17 bits per heavy atom. The molecule has 0 saturated heterocycles. The monoisotopic (exact) mass is 269 g/mol. The average molecular weight is 269 g/mol. The molecule has 0 heterocycles. The molecule has 1 aromatic carbocycles. The summed E-state index contributed by atoms with van der Waals surface area (Å²) in [4.78, 5) is 0. The van der Waals surface area contributed by atoms with Crippen LogP contribution in [0.4, 0.5) is 0 Å². The fourth-order valence-corrected chi connectivity index (χ4v) is 2.53. The summed E-state index contributed by atoms with van der Waals surface area (Å²) in [6, 6.07) is 7.91. The van der Waals surface area contributed by atoms with Crippen LogP contribution in [0.5, 0.6) is 0 Å². The highest BCUT2D eigenvalue weighted by molar-refractivity contribution is 7.89. The zero-order chi connectivity index (χ0) is 14.0. The van der Waals surface area contributed by atoms with E-state index in [0.717, 1.165) is 5.56 Å². The molecule has 0 aliphatic carbocycles. The maximum atomic E-state index is 11.5. The highest BCUT2D eigenvalue weighted by Crippen LogP contribution is 2.24. The number of hydrogen-bond donors (Lipinski definition) is 1. The Kier molecular flexibility index (Phi) is 4.56. The Hall–Kier alpha value is -0.870. The lowest BCUT2D eigenvalue weighted by atomic mass is 9.86. The third kappa shape index (κ3) is 4.10. The molecule has 102 valence electrons. The van der Waals surface area contributed by atoms with E-state index in [1.807, 2.05) is 19.1 Å². The van der Waals surface area contributed by atoms with Gasteiger partial charge in [0.2, 0.25) is 10.0 Å². The first-order chi connectivity index (χ1) is 8.15. The zero-order valence-corrected chi connectivity index (χ0v) is 12.6. The normalized spacial score (nSPS) is 14.5. The lowest BCUT2D eigenvalue weighted by molar-refractivity contribution is 0.567.